The molecule has 0 amide bonds. The number of hydrogen-bond acceptors (Lipinski definition) is 6. The first-order valence-electron chi connectivity index (χ1n) is 6.74. The molecule has 21 heavy (non-hydrogen) atoms. The number of anilines is 1. The summed E-state index contributed by atoms with van der Waals surface area (Å²) >= 11 is 0. The van der Waals surface area contributed by atoms with Gasteiger partial charge in [-0.1, -0.05) is 0 Å². The third-order valence-electron chi connectivity index (χ3n) is 3.18. The molecular weight excluding hydrogens is 270 g/mol. The molecule has 1 aromatic rings. The number of hydrogen-bond donors (Lipinski definition) is 0. The zero-order valence-corrected chi connectivity index (χ0v) is 12.1. The van der Waals surface area contributed by atoms with Crippen LogP contribution < -0.4 is 9.75 Å². The van der Waals surface area contributed by atoms with Gasteiger partial charge in [-0.15, -0.1) is 0 Å². The van der Waals surface area contributed by atoms with Crippen molar-refractivity contribution in [1.82, 2.24) is 0 Å². The van der Waals surface area contributed by atoms with E-state index in [2.05, 4.69) is 11.2 Å². The zero-order chi connectivity index (χ0) is 15.2. The van der Waals surface area contributed by atoms with Gasteiger partial charge in [-0.25, -0.2) is 4.79 Å². The number of carbonyl (C=O) groups excluding carboxylic acids is 1. The van der Waals surface area contributed by atoms with E-state index in [1.807, 2.05) is 24.3 Å². The maximum absolute atomic E-state index is 11.8. The first-order valence-corrected chi connectivity index (χ1v) is 6.74. The average Bonchev–Trinajstić information content (AvgIpc) is 2.92. The van der Waals surface area contributed by atoms with Crippen LogP contribution in [-0.4, -0.2) is 31.4 Å². The predicted octanol–water partition coefficient (Wildman–Crippen LogP) is 2.11. The Balaban J connectivity index is 2.23. The fourth-order valence-electron chi connectivity index (χ4n) is 2.17. The number of nitriles is 1. The highest BCUT2D eigenvalue weighted by atomic mass is 16.5. The largest absolute Gasteiger partial charge is 0.497 e. The van der Waals surface area contributed by atoms with Crippen molar-refractivity contribution in [3.8, 4) is 11.8 Å². The Morgan fingerprint density at radius 1 is 1.48 bits per heavy atom. The van der Waals surface area contributed by atoms with Crippen LogP contribution in [0.25, 0.3) is 0 Å². The minimum Gasteiger partial charge on any atom is -0.497 e. The van der Waals surface area contributed by atoms with Gasteiger partial charge in [0.05, 0.1) is 37.9 Å². The topological polar surface area (TPSA) is 74.9 Å². The van der Waals surface area contributed by atoms with Gasteiger partial charge in [0, 0.05) is 6.42 Å². The van der Waals surface area contributed by atoms with Gasteiger partial charge in [0.25, 0.3) is 0 Å². The minimum atomic E-state index is -0.420. The first-order chi connectivity index (χ1) is 10.2. The fourth-order valence-corrected chi connectivity index (χ4v) is 2.17. The Kier molecular flexibility index (Phi) is 4.77. The van der Waals surface area contributed by atoms with E-state index >= 15 is 0 Å². The molecule has 0 spiro atoms. The molecule has 2 rings (SSSR count). The van der Waals surface area contributed by atoms with E-state index < -0.39 is 5.97 Å². The number of rotatable bonds is 5. The third-order valence-corrected chi connectivity index (χ3v) is 3.18. The molecule has 0 bridgehead atoms. The third kappa shape index (κ3) is 3.31. The van der Waals surface area contributed by atoms with Crippen molar-refractivity contribution in [3.63, 3.8) is 0 Å². The Bertz CT molecular complexity index is 575. The van der Waals surface area contributed by atoms with Crippen LogP contribution >= 0.6 is 0 Å². The normalized spacial score (nSPS) is 17.1. The SMILES string of the molecule is CCOC(=O)C1=NN(c2ccc(OC)cc2)C(CC#N)C1. The number of hydrazone groups is 1. The summed E-state index contributed by atoms with van der Waals surface area (Å²) in [4.78, 5) is 11.8. The lowest BCUT2D eigenvalue weighted by Gasteiger charge is -2.21. The summed E-state index contributed by atoms with van der Waals surface area (Å²) in [6.45, 7) is 2.06. The number of carbonyl (C=O) groups is 1. The maximum atomic E-state index is 11.8. The molecule has 0 N–H and O–H groups in total. The predicted molar refractivity (Wildman–Crippen MR) is 78.2 cm³/mol. The number of nitrogens with zero attached hydrogens (tertiary/aromatic N) is 3. The van der Waals surface area contributed by atoms with Crippen LogP contribution in [-0.2, 0) is 9.53 Å². The Labute approximate surface area is 123 Å². The van der Waals surface area contributed by atoms with E-state index in [1.165, 1.54) is 0 Å². The fraction of sp³-hybridized carbons (Fsp3) is 0.400. The van der Waals surface area contributed by atoms with Gasteiger partial charge in [0.1, 0.15) is 11.5 Å². The highest BCUT2D eigenvalue weighted by molar-refractivity contribution is 6.37. The number of esters is 1. The average molecular weight is 287 g/mol. The summed E-state index contributed by atoms with van der Waals surface area (Å²) < 4.78 is 10.1. The van der Waals surface area contributed by atoms with Gasteiger partial charge in [-0.05, 0) is 31.2 Å². The second-order valence-corrected chi connectivity index (χ2v) is 4.53. The molecule has 1 aliphatic heterocycles. The van der Waals surface area contributed by atoms with Crippen molar-refractivity contribution in [1.29, 1.82) is 5.26 Å². The second-order valence-electron chi connectivity index (χ2n) is 4.53. The van der Waals surface area contributed by atoms with Gasteiger partial charge < -0.3 is 9.47 Å². The smallest absolute Gasteiger partial charge is 0.354 e. The van der Waals surface area contributed by atoms with Crippen molar-refractivity contribution < 1.29 is 14.3 Å². The van der Waals surface area contributed by atoms with Crippen molar-refractivity contribution in [2.75, 3.05) is 18.7 Å². The summed E-state index contributed by atoms with van der Waals surface area (Å²) in [5.41, 5.74) is 1.17. The van der Waals surface area contributed by atoms with E-state index in [0.29, 0.717) is 25.2 Å². The van der Waals surface area contributed by atoms with Gasteiger partial charge >= 0.3 is 5.97 Å². The Morgan fingerprint density at radius 2 is 2.19 bits per heavy atom. The lowest BCUT2D eigenvalue weighted by molar-refractivity contribution is -0.135. The molecular formula is C15H17N3O3. The van der Waals surface area contributed by atoms with Gasteiger partial charge in [-0.2, -0.15) is 10.4 Å². The summed E-state index contributed by atoms with van der Waals surface area (Å²) in [7, 11) is 1.60. The van der Waals surface area contributed by atoms with Crippen molar-refractivity contribution in [2.24, 2.45) is 5.10 Å². The second kappa shape index (κ2) is 6.75. The van der Waals surface area contributed by atoms with Crippen LogP contribution in [0, 0.1) is 11.3 Å². The lowest BCUT2D eigenvalue weighted by atomic mass is 10.1. The van der Waals surface area contributed by atoms with Crippen LogP contribution in [0.2, 0.25) is 0 Å². The summed E-state index contributed by atoms with van der Waals surface area (Å²) in [6.07, 6.45) is 0.705. The molecule has 1 atom stereocenters. The van der Waals surface area contributed by atoms with Crippen LogP contribution in [0.1, 0.15) is 19.8 Å². The molecule has 110 valence electrons. The van der Waals surface area contributed by atoms with Crippen molar-refractivity contribution >= 4 is 17.4 Å². The van der Waals surface area contributed by atoms with E-state index in [-0.39, 0.29) is 6.04 Å². The van der Waals surface area contributed by atoms with Gasteiger partial charge in [-0.3, -0.25) is 5.01 Å². The van der Waals surface area contributed by atoms with E-state index in [0.717, 1.165) is 11.4 Å². The van der Waals surface area contributed by atoms with Crippen LogP contribution in [0.4, 0.5) is 5.69 Å². The highest BCUT2D eigenvalue weighted by Crippen LogP contribution is 2.28. The van der Waals surface area contributed by atoms with Gasteiger partial charge in [0.15, 0.2) is 0 Å². The standard InChI is InChI=1S/C15H17N3O3/c1-3-21-15(19)14-10-12(8-9-16)18(17-14)11-4-6-13(20-2)7-5-11/h4-7,12H,3,8,10H2,1-2H3. The minimum absolute atomic E-state index is 0.150. The quantitative estimate of drug-likeness (QED) is 0.775. The van der Waals surface area contributed by atoms with Crippen LogP contribution in [0.3, 0.4) is 0 Å². The van der Waals surface area contributed by atoms with E-state index in [9.17, 15) is 4.79 Å². The first kappa shape index (κ1) is 14.9. The molecule has 0 radical (unpaired) electrons. The number of methoxy groups -OCH3 is 1. The van der Waals surface area contributed by atoms with E-state index in [4.69, 9.17) is 14.7 Å². The highest BCUT2D eigenvalue weighted by Gasteiger charge is 2.31. The molecule has 0 saturated carbocycles. The molecule has 6 heteroatoms. The monoisotopic (exact) mass is 287 g/mol. The van der Waals surface area contributed by atoms with Crippen LogP contribution in [0.15, 0.2) is 29.4 Å². The summed E-state index contributed by atoms with van der Waals surface area (Å²) in [6, 6.07) is 9.31. The molecule has 0 fully saturated rings. The molecule has 6 nitrogen and oxygen atoms in total. The van der Waals surface area contributed by atoms with E-state index in [1.54, 1.807) is 19.0 Å². The molecule has 1 aromatic carbocycles. The zero-order valence-electron chi connectivity index (χ0n) is 12.1. The molecule has 0 aromatic heterocycles. The Morgan fingerprint density at radius 3 is 2.76 bits per heavy atom. The van der Waals surface area contributed by atoms with Crippen molar-refractivity contribution in [3.05, 3.63) is 24.3 Å². The molecule has 0 aliphatic carbocycles. The molecule has 1 aliphatic rings. The molecule has 1 heterocycles. The maximum Gasteiger partial charge on any atom is 0.354 e. The number of benzene rings is 1. The molecule has 1 unspecified atom stereocenters. The van der Waals surface area contributed by atoms with Crippen molar-refractivity contribution in [2.45, 2.75) is 25.8 Å². The Hall–Kier alpha value is -2.55. The van der Waals surface area contributed by atoms with Gasteiger partial charge in [0.2, 0.25) is 0 Å². The number of ether oxygens (including phenoxy) is 2. The summed E-state index contributed by atoms with van der Waals surface area (Å²) in [5, 5.41) is 15.0. The lowest BCUT2D eigenvalue weighted by Crippen LogP contribution is -2.26. The van der Waals surface area contributed by atoms with Crippen LogP contribution in [0.5, 0.6) is 5.75 Å². The summed E-state index contributed by atoms with van der Waals surface area (Å²) in [5.74, 6) is 0.320. The molecule has 0 saturated heterocycles.